The summed E-state index contributed by atoms with van der Waals surface area (Å²) in [6, 6.07) is 4.88. The van der Waals surface area contributed by atoms with Gasteiger partial charge in [0.25, 0.3) is 0 Å². The van der Waals surface area contributed by atoms with Gasteiger partial charge < -0.3 is 4.55 Å². The first-order valence-electron chi connectivity index (χ1n) is 8.41. The van der Waals surface area contributed by atoms with Crippen LogP contribution in [0, 0.1) is 5.82 Å². The maximum absolute atomic E-state index is 15.1. The van der Waals surface area contributed by atoms with Crippen LogP contribution in [0.3, 0.4) is 0 Å². The predicted octanol–water partition coefficient (Wildman–Crippen LogP) is 4.77. The van der Waals surface area contributed by atoms with Crippen LogP contribution in [-0.2, 0) is 17.8 Å². The molecule has 0 amide bonds. The fourth-order valence-electron chi connectivity index (χ4n) is 2.74. The summed E-state index contributed by atoms with van der Waals surface area (Å²) in [5, 5.41) is 0.845. The zero-order valence-corrected chi connectivity index (χ0v) is 18.9. The minimum absolute atomic E-state index is 0.205. The lowest BCUT2D eigenvalue weighted by Gasteiger charge is -2.29. The van der Waals surface area contributed by atoms with E-state index in [0.717, 1.165) is 23.3 Å². The average molecular weight is 435 g/mol. The summed E-state index contributed by atoms with van der Waals surface area (Å²) in [4.78, 5) is 4.28. The molecule has 0 N–H and O–H groups in total. The Bertz CT molecular complexity index is 580. The van der Waals surface area contributed by atoms with Gasteiger partial charge in [0.15, 0.2) is 0 Å². The van der Waals surface area contributed by atoms with E-state index in [4.69, 9.17) is 0 Å². The van der Waals surface area contributed by atoms with Crippen molar-refractivity contribution < 1.29 is 8.94 Å². The topological polar surface area (TPSA) is 48.3 Å². The summed E-state index contributed by atoms with van der Waals surface area (Å²) >= 11 is 2.09. The molecule has 0 aliphatic rings. The fraction of sp³-hybridized carbons (Fsp3) is 0.647. The Morgan fingerprint density at radius 3 is 2.29 bits per heavy atom. The first-order valence-corrected chi connectivity index (χ1v) is 12.9. The van der Waals surface area contributed by atoms with E-state index in [1.807, 2.05) is 26.8 Å². The zero-order chi connectivity index (χ0) is 18.5. The molecule has 0 saturated carbocycles. The second kappa shape index (κ2) is 8.92. The van der Waals surface area contributed by atoms with Gasteiger partial charge in [-0.25, -0.2) is 9.37 Å². The van der Waals surface area contributed by atoms with Crippen LogP contribution in [0.5, 0.6) is 0 Å². The summed E-state index contributed by atoms with van der Waals surface area (Å²) in [6.45, 7) is 12.0. The molecule has 3 nitrogen and oxygen atoms in total. The number of rotatable bonds is 7. The molecular weight excluding hydrogens is 407 g/mol. The maximum Gasteiger partial charge on any atom is 0.144 e. The second-order valence-electron chi connectivity index (χ2n) is 6.95. The second-order valence-corrected chi connectivity index (χ2v) is 14.9. The van der Waals surface area contributed by atoms with Crippen LogP contribution < -0.4 is 5.19 Å². The first kappa shape index (κ1) is 21.8. The largest absolute Gasteiger partial charge is 0.591 e. The van der Waals surface area contributed by atoms with E-state index in [-0.39, 0.29) is 12.2 Å². The third-order valence-corrected chi connectivity index (χ3v) is 11.9. The molecule has 1 rings (SSSR count). The molecule has 7 heteroatoms. The van der Waals surface area contributed by atoms with Gasteiger partial charge in [0.2, 0.25) is 0 Å². The van der Waals surface area contributed by atoms with E-state index < -0.39 is 24.2 Å². The summed E-state index contributed by atoms with van der Waals surface area (Å²) < 4.78 is 31.3. The van der Waals surface area contributed by atoms with Gasteiger partial charge >= 0.3 is 0 Å². The monoisotopic (exact) mass is 434 g/mol. The Balaban J connectivity index is 3.17. The van der Waals surface area contributed by atoms with E-state index in [1.165, 1.54) is 6.21 Å². The molecule has 0 radical (unpaired) electrons. The lowest BCUT2D eigenvalue weighted by molar-refractivity contribution is 0.561. The highest BCUT2D eigenvalue weighted by molar-refractivity contribution is 9.10. The quantitative estimate of drug-likeness (QED) is 0.268. The normalized spacial score (nSPS) is 14.4. The van der Waals surface area contributed by atoms with E-state index in [2.05, 4.69) is 46.1 Å². The van der Waals surface area contributed by atoms with Crippen LogP contribution in [0.2, 0.25) is 18.1 Å². The standard InChI is InChI=1S/C17H28BrFN2OSSi/c1-7-24(8-2,9-3)14-12-15(18)21-13(16(14)19)10-11-20-23(22)17(4,5)6/h11-12H,7-10H2,1-6H3/b20-11-/t23-/m1/s1. The highest BCUT2D eigenvalue weighted by atomic mass is 79.9. The van der Waals surface area contributed by atoms with Crippen molar-refractivity contribution in [3.05, 3.63) is 22.2 Å². The summed E-state index contributed by atoms with van der Waals surface area (Å²) in [5.41, 5.74) is 0.376. The third-order valence-electron chi connectivity index (χ3n) is 4.58. The van der Waals surface area contributed by atoms with E-state index in [1.54, 1.807) is 0 Å². The van der Waals surface area contributed by atoms with E-state index in [9.17, 15) is 4.55 Å². The zero-order valence-electron chi connectivity index (χ0n) is 15.4. The van der Waals surface area contributed by atoms with Gasteiger partial charge in [-0.2, -0.15) is 0 Å². The van der Waals surface area contributed by atoms with Crippen molar-refractivity contribution in [1.29, 1.82) is 0 Å². The van der Waals surface area contributed by atoms with Gasteiger partial charge in [-0.1, -0.05) is 43.3 Å². The van der Waals surface area contributed by atoms with Crippen LogP contribution >= 0.6 is 15.9 Å². The van der Waals surface area contributed by atoms with Gasteiger partial charge in [0.1, 0.15) is 26.5 Å². The van der Waals surface area contributed by atoms with Crippen molar-refractivity contribution in [3.8, 4) is 0 Å². The van der Waals surface area contributed by atoms with E-state index >= 15 is 4.39 Å². The summed E-state index contributed by atoms with van der Waals surface area (Å²) in [5.74, 6) is -0.205. The molecule has 1 heterocycles. The van der Waals surface area contributed by atoms with Crippen molar-refractivity contribution in [2.24, 2.45) is 4.40 Å². The molecule has 1 aromatic heterocycles. The Kier molecular flexibility index (Phi) is 8.10. The molecule has 1 atom stereocenters. The van der Waals surface area contributed by atoms with Crippen LogP contribution in [0.1, 0.15) is 47.2 Å². The molecule has 0 aromatic carbocycles. The molecule has 0 saturated heterocycles. The Morgan fingerprint density at radius 1 is 1.29 bits per heavy atom. The molecule has 0 bridgehead atoms. The average Bonchev–Trinajstić information content (AvgIpc) is 2.52. The number of aromatic nitrogens is 1. The van der Waals surface area contributed by atoms with Crippen molar-refractivity contribution in [2.45, 2.75) is 70.8 Å². The first-order chi connectivity index (χ1) is 11.1. The SMILES string of the molecule is CC[Si](CC)(CC)c1cc(Br)nc(C/C=N\[S@+]([O-])C(C)(C)C)c1F. The Hall–Kier alpha value is -0.243. The number of pyridine rings is 1. The molecule has 0 aliphatic heterocycles. The summed E-state index contributed by atoms with van der Waals surface area (Å²) in [6.07, 6.45) is 1.78. The van der Waals surface area contributed by atoms with Gasteiger partial charge in [0, 0.05) is 6.42 Å². The van der Waals surface area contributed by atoms with E-state index in [0.29, 0.717) is 10.3 Å². The predicted molar refractivity (Wildman–Crippen MR) is 109 cm³/mol. The van der Waals surface area contributed by atoms with Crippen LogP contribution in [0.25, 0.3) is 0 Å². The lowest BCUT2D eigenvalue weighted by Crippen LogP contribution is -2.48. The number of hydrogen-bond donors (Lipinski definition) is 0. The summed E-state index contributed by atoms with van der Waals surface area (Å²) in [7, 11) is -1.84. The van der Waals surface area contributed by atoms with Crippen molar-refractivity contribution in [1.82, 2.24) is 4.98 Å². The number of nitrogens with zero attached hydrogens (tertiary/aromatic N) is 2. The lowest BCUT2D eigenvalue weighted by atomic mass is 10.3. The third kappa shape index (κ3) is 5.13. The van der Waals surface area contributed by atoms with Crippen molar-refractivity contribution in [2.75, 3.05) is 0 Å². The maximum atomic E-state index is 15.1. The number of hydrogen-bond acceptors (Lipinski definition) is 3. The van der Waals surface area contributed by atoms with Crippen molar-refractivity contribution >= 4 is 46.8 Å². The molecule has 0 unspecified atom stereocenters. The molecule has 0 spiro atoms. The minimum Gasteiger partial charge on any atom is -0.591 e. The van der Waals surface area contributed by atoms with Gasteiger partial charge in [-0.05, 0) is 48.0 Å². The Morgan fingerprint density at radius 2 is 1.83 bits per heavy atom. The molecule has 0 fully saturated rings. The molecule has 24 heavy (non-hydrogen) atoms. The molecule has 1 aromatic rings. The molecule has 0 aliphatic carbocycles. The Labute approximate surface area is 158 Å². The van der Waals surface area contributed by atoms with Gasteiger partial charge in [-0.15, -0.1) is 0 Å². The highest BCUT2D eigenvalue weighted by Crippen LogP contribution is 2.24. The highest BCUT2D eigenvalue weighted by Gasteiger charge is 2.33. The van der Waals surface area contributed by atoms with Crippen LogP contribution in [-0.4, -0.2) is 28.6 Å². The van der Waals surface area contributed by atoms with Gasteiger partial charge in [0.05, 0.1) is 20.0 Å². The fourth-order valence-corrected chi connectivity index (χ4v) is 7.62. The van der Waals surface area contributed by atoms with Crippen molar-refractivity contribution in [3.63, 3.8) is 0 Å². The molecule has 136 valence electrons. The number of halogens is 2. The minimum atomic E-state index is -1.84. The van der Waals surface area contributed by atoms with Crippen LogP contribution in [0.4, 0.5) is 4.39 Å². The smallest absolute Gasteiger partial charge is 0.144 e. The molecular formula is C17H28BrFN2OSSi. The van der Waals surface area contributed by atoms with Crippen LogP contribution in [0.15, 0.2) is 15.1 Å². The van der Waals surface area contributed by atoms with Gasteiger partial charge in [-0.3, -0.25) is 0 Å².